The Labute approximate surface area is 186 Å². The molecule has 152 valence electrons. The van der Waals surface area contributed by atoms with Crippen LogP contribution in [0.4, 0.5) is 5.69 Å². The van der Waals surface area contributed by atoms with E-state index in [1.54, 1.807) is 14.2 Å². The average molecular weight is 515 g/mol. The van der Waals surface area contributed by atoms with Crippen LogP contribution >= 0.6 is 34.2 Å². The van der Waals surface area contributed by atoms with E-state index in [1.165, 1.54) is 16.7 Å². The lowest BCUT2D eigenvalue weighted by Crippen LogP contribution is -2.51. The van der Waals surface area contributed by atoms with Crippen molar-refractivity contribution in [3.63, 3.8) is 0 Å². The summed E-state index contributed by atoms with van der Waals surface area (Å²) in [5, 5.41) is 0.647. The van der Waals surface area contributed by atoms with Gasteiger partial charge in [-0.3, -0.25) is 4.90 Å². The third-order valence-electron chi connectivity index (χ3n) is 5.81. The molecule has 2 aromatic carbocycles. The molecule has 0 aromatic heterocycles. The number of nitrogens with zero attached hydrogens (tertiary/aromatic N) is 2. The van der Waals surface area contributed by atoms with Crippen LogP contribution in [0.1, 0.15) is 29.7 Å². The fourth-order valence-electron chi connectivity index (χ4n) is 3.92. The fourth-order valence-corrected chi connectivity index (χ4v) is 5.22. The summed E-state index contributed by atoms with van der Waals surface area (Å²) in [5.41, 5.74) is 5.08. The molecule has 2 unspecified atom stereocenters. The highest BCUT2D eigenvalue weighted by Gasteiger charge is 2.29. The van der Waals surface area contributed by atoms with Crippen molar-refractivity contribution in [3.05, 3.63) is 52.0 Å². The minimum atomic E-state index is 0.365. The minimum Gasteiger partial charge on any atom is -0.496 e. The van der Waals surface area contributed by atoms with E-state index in [0.29, 0.717) is 15.1 Å². The number of hydrogen-bond donors (Lipinski definition) is 0. The third kappa shape index (κ3) is 4.21. The van der Waals surface area contributed by atoms with Gasteiger partial charge in [0.15, 0.2) is 0 Å². The quantitative estimate of drug-likeness (QED) is 0.294. The van der Waals surface area contributed by atoms with Gasteiger partial charge < -0.3 is 14.4 Å². The van der Waals surface area contributed by atoms with Crippen LogP contribution < -0.4 is 14.4 Å². The predicted octanol–water partition coefficient (Wildman–Crippen LogP) is 5.62. The zero-order valence-electron chi connectivity index (χ0n) is 17.1. The SMILES string of the molecule is COc1cc(N2CCN(C(C)c3ccc(OC)c(C)c3C)CC2I)ccc1Cl. The van der Waals surface area contributed by atoms with E-state index in [-0.39, 0.29) is 0 Å². The van der Waals surface area contributed by atoms with E-state index in [0.717, 1.165) is 36.8 Å². The zero-order valence-corrected chi connectivity index (χ0v) is 20.0. The molecule has 1 fully saturated rings. The van der Waals surface area contributed by atoms with Crippen molar-refractivity contribution in [1.82, 2.24) is 4.90 Å². The smallest absolute Gasteiger partial charge is 0.139 e. The maximum absolute atomic E-state index is 6.19. The Bertz CT molecular complexity index is 846. The van der Waals surface area contributed by atoms with Gasteiger partial charge in [0.1, 0.15) is 11.5 Å². The number of halogens is 2. The van der Waals surface area contributed by atoms with Crippen molar-refractivity contribution < 1.29 is 9.47 Å². The number of piperazine rings is 1. The molecule has 1 aliphatic heterocycles. The van der Waals surface area contributed by atoms with Crippen molar-refractivity contribution in [3.8, 4) is 11.5 Å². The Morgan fingerprint density at radius 1 is 1.04 bits per heavy atom. The molecule has 0 radical (unpaired) electrons. The molecule has 2 atom stereocenters. The van der Waals surface area contributed by atoms with Crippen LogP contribution in [0.15, 0.2) is 30.3 Å². The predicted molar refractivity (Wildman–Crippen MR) is 126 cm³/mol. The van der Waals surface area contributed by atoms with E-state index < -0.39 is 0 Å². The normalized spacial score (nSPS) is 18.8. The van der Waals surface area contributed by atoms with Gasteiger partial charge in [0.25, 0.3) is 0 Å². The first-order valence-electron chi connectivity index (χ1n) is 9.49. The van der Waals surface area contributed by atoms with Gasteiger partial charge in [-0.1, -0.05) is 40.3 Å². The topological polar surface area (TPSA) is 24.9 Å². The van der Waals surface area contributed by atoms with E-state index >= 15 is 0 Å². The van der Waals surface area contributed by atoms with Gasteiger partial charge in [-0.2, -0.15) is 0 Å². The summed E-state index contributed by atoms with van der Waals surface area (Å²) in [6.07, 6.45) is 0. The van der Waals surface area contributed by atoms with Crippen LogP contribution in [0.5, 0.6) is 11.5 Å². The number of rotatable bonds is 5. The molecule has 1 saturated heterocycles. The molecule has 0 N–H and O–H groups in total. The summed E-state index contributed by atoms with van der Waals surface area (Å²) in [5.74, 6) is 1.68. The molecule has 0 aliphatic carbocycles. The first-order valence-corrected chi connectivity index (χ1v) is 11.1. The lowest BCUT2D eigenvalue weighted by molar-refractivity contribution is 0.194. The summed E-state index contributed by atoms with van der Waals surface area (Å²) in [6, 6.07) is 10.7. The Kier molecular flexibility index (Phi) is 6.99. The van der Waals surface area contributed by atoms with Gasteiger partial charge in [0, 0.05) is 37.4 Å². The lowest BCUT2D eigenvalue weighted by Gasteiger charge is -2.43. The highest BCUT2D eigenvalue weighted by molar-refractivity contribution is 14.1. The Balaban J connectivity index is 1.76. The largest absolute Gasteiger partial charge is 0.496 e. The molecular weight excluding hydrogens is 487 g/mol. The summed E-state index contributed by atoms with van der Waals surface area (Å²) >= 11 is 8.73. The highest BCUT2D eigenvalue weighted by Crippen LogP contribution is 2.35. The van der Waals surface area contributed by atoms with E-state index in [1.807, 2.05) is 12.1 Å². The molecule has 28 heavy (non-hydrogen) atoms. The first-order chi connectivity index (χ1) is 13.4. The van der Waals surface area contributed by atoms with Crippen LogP contribution in [0, 0.1) is 13.8 Å². The van der Waals surface area contributed by atoms with Gasteiger partial charge >= 0.3 is 0 Å². The standard InChI is InChI=1S/C22H28ClIN2O2/c1-14-15(2)20(27-4)9-7-18(14)16(3)25-10-11-26(22(24)13-25)17-6-8-19(23)21(12-17)28-5/h6-9,12,16,22H,10-11,13H2,1-5H3. The Morgan fingerprint density at radius 2 is 1.75 bits per heavy atom. The van der Waals surface area contributed by atoms with Crippen LogP contribution in [0.3, 0.4) is 0 Å². The van der Waals surface area contributed by atoms with E-state index in [9.17, 15) is 0 Å². The molecule has 0 spiro atoms. The van der Waals surface area contributed by atoms with Crippen molar-refractivity contribution in [2.45, 2.75) is 30.9 Å². The lowest BCUT2D eigenvalue weighted by atomic mass is 9.96. The number of benzene rings is 2. The Morgan fingerprint density at radius 3 is 2.39 bits per heavy atom. The molecular formula is C22H28ClIN2O2. The van der Waals surface area contributed by atoms with Gasteiger partial charge in [-0.25, -0.2) is 0 Å². The molecule has 0 saturated carbocycles. The van der Waals surface area contributed by atoms with Crippen LogP contribution in [0.25, 0.3) is 0 Å². The molecule has 1 heterocycles. The van der Waals surface area contributed by atoms with Gasteiger partial charge in [-0.15, -0.1) is 0 Å². The molecule has 0 bridgehead atoms. The second-order valence-electron chi connectivity index (χ2n) is 7.22. The minimum absolute atomic E-state index is 0.365. The number of methoxy groups -OCH3 is 2. The van der Waals surface area contributed by atoms with E-state index in [4.69, 9.17) is 21.1 Å². The molecule has 2 aromatic rings. The van der Waals surface area contributed by atoms with Gasteiger partial charge in [0.05, 0.1) is 23.3 Å². The van der Waals surface area contributed by atoms with Crippen molar-refractivity contribution in [2.75, 3.05) is 38.8 Å². The second kappa shape index (κ2) is 9.09. The summed E-state index contributed by atoms with van der Waals surface area (Å²) in [7, 11) is 3.39. The zero-order chi connectivity index (χ0) is 20.4. The summed E-state index contributed by atoms with van der Waals surface area (Å²) in [4.78, 5) is 4.99. The first kappa shape index (κ1) is 21.5. The van der Waals surface area contributed by atoms with Gasteiger partial charge in [0.2, 0.25) is 0 Å². The summed E-state index contributed by atoms with van der Waals surface area (Å²) in [6.45, 7) is 9.61. The number of hydrogen-bond acceptors (Lipinski definition) is 4. The maximum Gasteiger partial charge on any atom is 0.139 e. The van der Waals surface area contributed by atoms with Gasteiger partial charge in [-0.05, 0) is 55.7 Å². The number of ether oxygens (including phenoxy) is 2. The van der Waals surface area contributed by atoms with Crippen LogP contribution in [-0.2, 0) is 0 Å². The van der Waals surface area contributed by atoms with Crippen molar-refractivity contribution in [2.24, 2.45) is 0 Å². The number of alkyl halides is 1. The molecule has 4 nitrogen and oxygen atoms in total. The van der Waals surface area contributed by atoms with Crippen LogP contribution in [0.2, 0.25) is 5.02 Å². The maximum atomic E-state index is 6.19. The second-order valence-corrected chi connectivity index (χ2v) is 9.07. The third-order valence-corrected chi connectivity index (χ3v) is 7.19. The molecule has 0 amide bonds. The summed E-state index contributed by atoms with van der Waals surface area (Å²) < 4.78 is 11.2. The van der Waals surface area contributed by atoms with Crippen molar-refractivity contribution in [1.29, 1.82) is 0 Å². The fraction of sp³-hybridized carbons (Fsp3) is 0.455. The average Bonchev–Trinajstić information content (AvgIpc) is 2.70. The highest BCUT2D eigenvalue weighted by atomic mass is 127. The monoisotopic (exact) mass is 514 g/mol. The molecule has 6 heteroatoms. The van der Waals surface area contributed by atoms with E-state index in [2.05, 4.69) is 71.4 Å². The van der Waals surface area contributed by atoms with Crippen molar-refractivity contribution >= 4 is 39.9 Å². The molecule has 1 aliphatic rings. The molecule has 3 rings (SSSR count). The number of anilines is 1. The van der Waals surface area contributed by atoms with Crippen LogP contribution in [-0.4, -0.2) is 42.8 Å². The Hall–Kier alpha value is -1.18.